The number of aryl methyl sites for hydroxylation is 2. The van der Waals surface area contributed by atoms with Crippen molar-refractivity contribution >= 4 is 28.5 Å². The minimum Gasteiger partial charge on any atom is -0.465 e. The zero-order valence-electron chi connectivity index (χ0n) is 43.7. The lowest BCUT2D eigenvalue weighted by Crippen LogP contribution is -2.41. The topological polar surface area (TPSA) is 55.4 Å². The second-order valence-electron chi connectivity index (χ2n) is 20.4. The van der Waals surface area contributed by atoms with E-state index in [-0.39, 0.29) is 23.8 Å². The van der Waals surface area contributed by atoms with Gasteiger partial charge in [0.15, 0.2) is 12.6 Å². The maximum Gasteiger partial charge on any atom is 0.498 e. The van der Waals surface area contributed by atoms with Crippen molar-refractivity contribution in [3.63, 3.8) is 0 Å². The second kappa shape index (κ2) is 24.4. The van der Waals surface area contributed by atoms with Crippen LogP contribution in [0.1, 0.15) is 77.3 Å². The van der Waals surface area contributed by atoms with Crippen LogP contribution < -0.4 is 14.9 Å². The van der Waals surface area contributed by atoms with Gasteiger partial charge in [-0.3, -0.25) is 0 Å². The summed E-state index contributed by atoms with van der Waals surface area (Å²) in [5.74, 6) is 1.67. The summed E-state index contributed by atoms with van der Waals surface area (Å²) in [4.78, 5) is 0. The molecular weight excluding hydrogens is 979 g/mol. The van der Waals surface area contributed by atoms with Gasteiger partial charge in [-0.15, -0.1) is 0 Å². The summed E-state index contributed by atoms with van der Waals surface area (Å²) in [6.07, 6.45) is 6.03. The van der Waals surface area contributed by atoms with Crippen LogP contribution in [0.25, 0.3) is 55.6 Å². The van der Waals surface area contributed by atoms with Crippen LogP contribution in [-0.2, 0) is 18.8 Å². The summed E-state index contributed by atoms with van der Waals surface area (Å²) in [6.45, 7) is 14.0. The van der Waals surface area contributed by atoms with Gasteiger partial charge in [-0.2, -0.15) is 0 Å². The van der Waals surface area contributed by atoms with Gasteiger partial charge in [0.05, 0.1) is 24.4 Å². The highest BCUT2D eigenvalue weighted by Gasteiger charge is 2.52. The van der Waals surface area contributed by atoms with E-state index in [1.54, 1.807) is 0 Å². The van der Waals surface area contributed by atoms with Gasteiger partial charge in [0, 0.05) is 28.3 Å². The molecule has 11 rings (SSSR count). The molecule has 8 heteroatoms. The number of rotatable bonds is 10. The van der Waals surface area contributed by atoms with Crippen LogP contribution in [0.3, 0.4) is 0 Å². The average Bonchev–Trinajstić information content (AvgIpc) is 3.66. The van der Waals surface area contributed by atoms with Crippen molar-refractivity contribution < 1.29 is 28.3 Å². The van der Waals surface area contributed by atoms with Crippen molar-refractivity contribution in [3.05, 3.63) is 210 Å². The Labute approximate surface area is 448 Å². The minimum absolute atomic E-state index is 0.170. The van der Waals surface area contributed by atoms with E-state index in [4.69, 9.17) is 28.3 Å². The third kappa shape index (κ3) is 13.5. The molecule has 3 fully saturated rings. The molecular formula is C66H68BBrO6. The standard InChI is InChI=1S/C30H28O2.C18H27BO4.C18H13Br/c1-22-15-16-29(32-30-14-8-9-17-31-30)28(18-22)27-20-25(23-10-4-2-5-11-23)19-26(21-27)24-12-6-3-7-13-24;1-13-9-10-15(21-16-8-6-7-11-20-16)14(12-13)19-22-17(2,3)18(4,5)23-19;19-18-12-16(14-7-3-1-4-8-14)11-17(13-18)15-9-5-2-6-10-15/h2-7,10-13,15-16,18-21,30H,8-9,14,17H2,1H3;9-10,12,16H,6-8,11H2,1-5H3;1-13H. The summed E-state index contributed by atoms with van der Waals surface area (Å²) < 4.78 is 37.5. The van der Waals surface area contributed by atoms with Crippen LogP contribution in [0.4, 0.5) is 0 Å². The maximum atomic E-state index is 6.36. The summed E-state index contributed by atoms with van der Waals surface area (Å²) in [5, 5.41) is 0. The monoisotopic (exact) mass is 1050 g/mol. The number of ether oxygens (including phenoxy) is 4. The largest absolute Gasteiger partial charge is 0.498 e. The molecule has 0 bridgehead atoms. The molecule has 8 aromatic carbocycles. The van der Waals surface area contributed by atoms with Crippen molar-refractivity contribution in [1.82, 2.24) is 0 Å². The predicted octanol–water partition coefficient (Wildman–Crippen LogP) is 16.9. The Hall–Kier alpha value is -6.26. The molecule has 2 atom stereocenters. The first-order valence-corrected chi connectivity index (χ1v) is 27.0. The molecule has 3 heterocycles. The van der Waals surface area contributed by atoms with Crippen molar-refractivity contribution in [2.24, 2.45) is 0 Å². The molecule has 74 heavy (non-hydrogen) atoms. The van der Waals surface area contributed by atoms with Crippen molar-refractivity contribution in [2.45, 2.75) is 104 Å². The zero-order chi connectivity index (χ0) is 51.5. The van der Waals surface area contributed by atoms with Gasteiger partial charge in [0.25, 0.3) is 0 Å². The molecule has 0 amide bonds. The Morgan fingerprint density at radius 2 is 0.797 bits per heavy atom. The van der Waals surface area contributed by atoms with Crippen LogP contribution >= 0.6 is 15.9 Å². The second-order valence-corrected chi connectivity index (χ2v) is 21.4. The van der Waals surface area contributed by atoms with Crippen LogP contribution in [0, 0.1) is 13.8 Å². The Morgan fingerprint density at radius 1 is 0.419 bits per heavy atom. The maximum absolute atomic E-state index is 6.36. The average molecular weight is 1050 g/mol. The Kier molecular flexibility index (Phi) is 17.3. The summed E-state index contributed by atoms with van der Waals surface area (Å²) >= 11 is 3.61. The number of hydrogen-bond acceptors (Lipinski definition) is 6. The first-order valence-electron chi connectivity index (χ1n) is 26.2. The highest BCUT2D eigenvalue weighted by molar-refractivity contribution is 9.10. The van der Waals surface area contributed by atoms with Crippen molar-refractivity contribution in [3.8, 4) is 67.1 Å². The van der Waals surface area contributed by atoms with E-state index in [1.165, 1.54) is 50.1 Å². The molecule has 3 aliphatic rings. The minimum atomic E-state index is -0.418. The van der Waals surface area contributed by atoms with E-state index in [0.29, 0.717) is 0 Å². The third-order valence-electron chi connectivity index (χ3n) is 14.2. The molecule has 0 N–H and O–H groups in total. The van der Waals surface area contributed by atoms with Crippen molar-refractivity contribution in [2.75, 3.05) is 13.2 Å². The van der Waals surface area contributed by atoms with E-state index in [1.807, 2.05) is 24.3 Å². The lowest BCUT2D eigenvalue weighted by atomic mass is 9.77. The molecule has 0 aromatic heterocycles. The molecule has 8 aromatic rings. The molecule has 0 radical (unpaired) electrons. The molecule has 0 aliphatic carbocycles. The van der Waals surface area contributed by atoms with Gasteiger partial charge >= 0.3 is 7.12 Å². The SMILES string of the molecule is Brc1cc(-c2ccccc2)cc(-c2ccccc2)c1.Cc1ccc(OC2CCCCO2)c(-c2cc(-c3ccccc3)cc(-c3ccccc3)c2)c1.Cc1ccc(OC2CCCCO2)c(B2OC(C)(C)C(C)(C)O2)c1. The predicted molar refractivity (Wildman–Crippen MR) is 308 cm³/mol. The van der Waals surface area contributed by atoms with Gasteiger partial charge in [-0.1, -0.05) is 167 Å². The highest BCUT2D eigenvalue weighted by atomic mass is 79.9. The van der Waals surface area contributed by atoms with E-state index < -0.39 is 7.12 Å². The van der Waals surface area contributed by atoms with Gasteiger partial charge in [0.1, 0.15) is 11.5 Å². The Balaban J connectivity index is 0.000000142. The lowest BCUT2D eigenvalue weighted by Gasteiger charge is -2.32. The van der Waals surface area contributed by atoms with E-state index in [0.717, 1.165) is 89.9 Å². The lowest BCUT2D eigenvalue weighted by molar-refractivity contribution is -0.105. The molecule has 0 spiro atoms. The number of hydrogen-bond donors (Lipinski definition) is 0. The molecule has 378 valence electrons. The summed E-state index contributed by atoms with van der Waals surface area (Å²) in [5.41, 5.74) is 14.6. The van der Waals surface area contributed by atoms with E-state index in [9.17, 15) is 0 Å². The Morgan fingerprint density at radius 3 is 1.22 bits per heavy atom. The van der Waals surface area contributed by atoms with Crippen LogP contribution in [0.5, 0.6) is 11.5 Å². The summed E-state index contributed by atoms with van der Waals surface area (Å²) in [6, 6.07) is 67.9. The first-order chi connectivity index (χ1) is 35.9. The molecule has 3 saturated heterocycles. The molecule has 2 unspecified atom stereocenters. The molecule has 0 saturated carbocycles. The summed E-state index contributed by atoms with van der Waals surface area (Å²) in [7, 11) is -0.418. The molecule has 3 aliphatic heterocycles. The fraction of sp³-hybridized carbons (Fsp3) is 0.273. The van der Waals surface area contributed by atoms with Crippen molar-refractivity contribution in [1.29, 1.82) is 0 Å². The van der Waals surface area contributed by atoms with E-state index in [2.05, 4.69) is 227 Å². The fourth-order valence-electron chi connectivity index (χ4n) is 9.35. The molecule has 6 nitrogen and oxygen atoms in total. The number of benzene rings is 8. The van der Waals surface area contributed by atoms with Crippen LogP contribution in [-0.4, -0.2) is 44.1 Å². The number of halogens is 1. The van der Waals surface area contributed by atoms with E-state index >= 15 is 0 Å². The quantitative estimate of drug-likeness (QED) is 0.127. The Bertz CT molecular complexity index is 2930. The van der Waals surface area contributed by atoms with Gasteiger partial charge in [-0.05, 0) is 172 Å². The zero-order valence-corrected chi connectivity index (χ0v) is 45.3. The van der Waals surface area contributed by atoms with Crippen LogP contribution in [0.2, 0.25) is 0 Å². The van der Waals surface area contributed by atoms with Gasteiger partial charge in [0.2, 0.25) is 0 Å². The van der Waals surface area contributed by atoms with Crippen LogP contribution in [0.15, 0.2) is 199 Å². The first kappa shape index (κ1) is 52.6. The fourth-order valence-corrected chi connectivity index (χ4v) is 9.85. The van der Waals surface area contributed by atoms with Gasteiger partial charge in [-0.25, -0.2) is 0 Å². The third-order valence-corrected chi connectivity index (χ3v) is 14.6. The highest BCUT2D eigenvalue weighted by Crippen LogP contribution is 2.40. The smallest absolute Gasteiger partial charge is 0.465 e. The normalized spacial score (nSPS) is 17.7. The van der Waals surface area contributed by atoms with Gasteiger partial charge < -0.3 is 28.3 Å².